The van der Waals surface area contributed by atoms with Gasteiger partial charge < -0.3 is 9.47 Å². The first-order chi connectivity index (χ1) is 10.8. The highest BCUT2D eigenvalue weighted by Crippen LogP contribution is 2.24. The maximum atomic E-state index is 12.1. The summed E-state index contributed by atoms with van der Waals surface area (Å²) in [5.74, 6) is 0.00573. The molecule has 0 amide bonds. The fraction of sp³-hybridized carbons (Fsp3) is 0.250. The number of hydrogen-bond donors (Lipinski definition) is 0. The van der Waals surface area contributed by atoms with E-state index in [0.29, 0.717) is 29.4 Å². The van der Waals surface area contributed by atoms with Gasteiger partial charge in [-0.3, -0.25) is 4.99 Å². The highest BCUT2D eigenvalue weighted by Gasteiger charge is 2.30. The standard InChI is InChI=1S/C16H15F3N2O2/c1-10-8-14(20-9-10)15(22-3)21-11(2)12-4-6-13(7-5-12)23-16(17,18)19/h4-8H,2,9H2,1,3H3. The zero-order chi connectivity index (χ0) is 17.0. The number of ether oxygens (including phenoxy) is 2. The maximum Gasteiger partial charge on any atom is 0.573 e. The molecule has 0 bridgehead atoms. The predicted molar refractivity (Wildman–Crippen MR) is 82.7 cm³/mol. The Balaban J connectivity index is 2.15. The second kappa shape index (κ2) is 6.68. The van der Waals surface area contributed by atoms with Gasteiger partial charge in [-0.2, -0.15) is 0 Å². The van der Waals surface area contributed by atoms with Gasteiger partial charge in [0.15, 0.2) is 0 Å². The molecule has 122 valence electrons. The van der Waals surface area contributed by atoms with Crippen LogP contribution >= 0.6 is 0 Å². The number of nitrogens with zero attached hydrogens (tertiary/aromatic N) is 2. The van der Waals surface area contributed by atoms with E-state index < -0.39 is 6.36 Å². The van der Waals surface area contributed by atoms with Gasteiger partial charge in [0.1, 0.15) is 11.5 Å². The first-order valence-corrected chi connectivity index (χ1v) is 6.68. The van der Waals surface area contributed by atoms with Crippen molar-refractivity contribution in [3.8, 4) is 5.75 Å². The highest BCUT2D eigenvalue weighted by atomic mass is 19.4. The summed E-state index contributed by atoms with van der Waals surface area (Å²) in [6.45, 7) is 6.33. The van der Waals surface area contributed by atoms with Crippen molar-refractivity contribution in [1.29, 1.82) is 0 Å². The van der Waals surface area contributed by atoms with Gasteiger partial charge in [-0.05, 0) is 48.4 Å². The Kier molecular flexibility index (Phi) is 4.88. The molecule has 0 saturated heterocycles. The average Bonchev–Trinajstić information content (AvgIpc) is 2.90. The van der Waals surface area contributed by atoms with Gasteiger partial charge in [0, 0.05) is 0 Å². The summed E-state index contributed by atoms with van der Waals surface area (Å²) in [6.07, 6.45) is -2.86. The van der Waals surface area contributed by atoms with Crippen LogP contribution in [0.2, 0.25) is 0 Å². The molecule has 1 aromatic carbocycles. The van der Waals surface area contributed by atoms with Crippen molar-refractivity contribution in [1.82, 2.24) is 0 Å². The smallest absolute Gasteiger partial charge is 0.479 e. The quantitative estimate of drug-likeness (QED) is 0.620. The van der Waals surface area contributed by atoms with Crippen LogP contribution in [0.1, 0.15) is 12.5 Å². The summed E-state index contributed by atoms with van der Waals surface area (Å²) in [6, 6.07) is 5.29. The zero-order valence-electron chi connectivity index (χ0n) is 12.6. The molecule has 4 nitrogen and oxygen atoms in total. The number of methoxy groups -OCH3 is 1. The van der Waals surface area contributed by atoms with Gasteiger partial charge in [-0.1, -0.05) is 6.58 Å². The van der Waals surface area contributed by atoms with Gasteiger partial charge >= 0.3 is 6.36 Å². The van der Waals surface area contributed by atoms with Crippen LogP contribution in [-0.4, -0.2) is 31.6 Å². The lowest BCUT2D eigenvalue weighted by Gasteiger charge is -2.09. The van der Waals surface area contributed by atoms with Crippen molar-refractivity contribution < 1.29 is 22.6 Å². The first kappa shape index (κ1) is 16.8. The highest BCUT2D eigenvalue weighted by molar-refractivity contribution is 6.44. The molecule has 0 atom stereocenters. The molecule has 0 spiro atoms. The molecule has 0 aliphatic carbocycles. The minimum absolute atomic E-state index is 0.302. The van der Waals surface area contributed by atoms with Crippen molar-refractivity contribution in [2.24, 2.45) is 9.98 Å². The molecule has 0 unspecified atom stereocenters. The van der Waals surface area contributed by atoms with Crippen molar-refractivity contribution >= 4 is 17.3 Å². The third-order valence-electron chi connectivity index (χ3n) is 2.95. The first-order valence-electron chi connectivity index (χ1n) is 6.68. The molecule has 1 aliphatic heterocycles. The summed E-state index contributed by atoms with van der Waals surface area (Å²) in [4.78, 5) is 8.52. The Hall–Kier alpha value is -2.57. The van der Waals surface area contributed by atoms with E-state index >= 15 is 0 Å². The van der Waals surface area contributed by atoms with E-state index in [1.807, 2.05) is 13.0 Å². The molecule has 1 aromatic rings. The topological polar surface area (TPSA) is 43.2 Å². The molecule has 1 aliphatic rings. The number of halogens is 3. The van der Waals surface area contributed by atoms with E-state index in [0.717, 1.165) is 5.57 Å². The summed E-state index contributed by atoms with van der Waals surface area (Å²) >= 11 is 0. The lowest BCUT2D eigenvalue weighted by Crippen LogP contribution is -2.17. The SMILES string of the molecule is C=C(N=C(OC)C1=NCC(C)=C1)c1ccc(OC(F)(F)F)cc1. The van der Waals surface area contributed by atoms with E-state index in [9.17, 15) is 13.2 Å². The monoisotopic (exact) mass is 324 g/mol. The van der Waals surface area contributed by atoms with E-state index in [1.54, 1.807) is 0 Å². The molecule has 0 aromatic heterocycles. The molecule has 0 N–H and O–H groups in total. The van der Waals surface area contributed by atoms with E-state index in [2.05, 4.69) is 21.3 Å². The van der Waals surface area contributed by atoms with Gasteiger partial charge in [-0.15, -0.1) is 13.2 Å². The van der Waals surface area contributed by atoms with Crippen LogP contribution in [0.3, 0.4) is 0 Å². The Morgan fingerprint density at radius 1 is 1.26 bits per heavy atom. The molecule has 7 heteroatoms. The third-order valence-corrected chi connectivity index (χ3v) is 2.95. The molecule has 0 radical (unpaired) electrons. The van der Waals surface area contributed by atoms with Crippen molar-refractivity contribution in [3.63, 3.8) is 0 Å². The van der Waals surface area contributed by atoms with Crippen LogP contribution in [0.5, 0.6) is 5.75 Å². The van der Waals surface area contributed by atoms with E-state index in [-0.39, 0.29) is 5.75 Å². The van der Waals surface area contributed by atoms with E-state index in [1.165, 1.54) is 31.4 Å². The van der Waals surface area contributed by atoms with E-state index in [4.69, 9.17) is 4.74 Å². The molecule has 2 rings (SSSR count). The third kappa shape index (κ3) is 4.70. The fourth-order valence-corrected chi connectivity index (χ4v) is 1.91. The molecule has 0 saturated carbocycles. The maximum absolute atomic E-state index is 12.1. The number of alkyl halides is 3. The Labute approximate surface area is 131 Å². The average molecular weight is 324 g/mol. The molecule has 23 heavy (non-hydrogen) atoms. The zero-order valence-corrected chi connectivity index (χ0v) is 12.6. The van der Waals surface area contributed by atoms with Crippen molar-refractivity contribution in [2.75, 3.05) is 13.7 Å². The Morgan fingerprint density at radius 3 is 2.39 bits per heavy atom. The summed E-state index contributed by atoms with van der Waals surface area (Å²) in [5, 5.41) is 0. The van der Waals surface area contributed by atoms with Gasteiger partial charge in [0.2, 0.25) is 5.90 Å². The lowest BCUT2D eigenvalue weighted by atomic mass is 10.1. The predicted octanol–water partition coefficient (Wildman–Crippen LogP) is 4.00. The Bertz CT molecular complexity index is 686. The minimum Gasteiger partial charge on any atom is -0.479 e. The summed E-state index contributed by atoms with van der Waals surface area (Å²) in [7, 11) is 1.47. The Morgan fingerprint density at radius 2 is 1.91 bits per heavy atom. The molecule has 1 heterocycles. The number of hydrogen-bond acceptors (Lipinski definition) is 4. The van der Waals surface area contributed by atoms with Gasteiger partial charge in [0.05, 0.1) is 19.4 Å². The van der Waals surface area contributed by atoms with Gasteiger partial charge in [-0.25, -0.2) is 4.99 Å². The van der Waals surface area contributed by atoms with Crippen LogP contribution in [0.15, 0.2) is 52.5 Å². The van der Waals surface area contributed by atoms with Crippen LogP contribution < -0.4 is 4.74 Å². The fourth-order valence-electron chi connectivity index (χ4n) is 1.91. The summed E-state index contributed by atoms with van der Waals surface area (Å²) < 4.78 is 45.4. The summed E-state index contributed by atoms with van der Waals surface area (Å²) in [5.41, 5.74) is 2.60. The second-order valence-electron chi connectivity index (χ2n) is 4.83. The van der Waals surface area contributed by atoms with Crippen LogP contribution in [0.4, 0.5) is 13.2 Å². The molecular weight excluding hydrogens is 309 g/mol. The minimum atomic E-state index is -4.72. The normalized spacial score (nSPS) is 15.1. The van der Waals surface area contributed by atoms with Crippen LogP contribution in [-0.2, 0) is 4.74 Å². The lowest BCUT2D eigenvalue weighted by molar-refractivity contribution is -0.274. The number of benzene rings is 1. The number of aliphatic imine (C=N–C) groups is 2. The van der Waals surface area contributed by atoms with Crippen LogP contribution in [0, 0.1) is 0 Å². The van der Waals surface area contributed by atoms with Crippen molar-refractivity contribution in [3.05, 3.63) is 48.1 Å². The molecule has 0 fully saturated rings. The van der Waals surface area contributed by atoms with Crippen molar-refractivity contribution in [2.45, 2.75) is 13.3 Å². The van der Waals surface area contributed by atoms with Gasteiger partial charge in [0.25, 0.3) is 0 Å². The second-order valence-corrected chi connectivity index (χ2v) is 4.83. The number of rotatable bonds is 4. The molecular formula is C16H15F3N2O2. The van der Waals surface area contributed by atoms with Crippen LogP contribution in [0.25, 0.3) is 5.70 Å². The largest absolute Gasteiger partial charge is 0.573 e.